The van der Waals surface area contributed by atoms with Gasteiger partial charge in [0.1, 0.15) is 0 Å². The Balaban J connectivity index is 1.14. The maximum absolute atomic E-state index is 2.59. The van der Waals surface area contributed by atoms with Crippen molar-refractivity contribution in [1.82, 2.24) is 0 Å². The first-order chi connectivity index (χ1) is 14.4. The molecule has 0 aromatic carbocycles. The zero-order chi connectivity index (χ0) is 20.7. The molecule has 0 saturated heterocycles. The minimum Gasteiger partial charge on any atom is -0.0625 e. The fourth-order valence-electron chi connectivity index (χ4n) is 11.4. The summed E-state index contributed by atoms with van der Waals surface area (Å²) in [7, 11) is 0. The van der Waals surface area contributed by atoms with Crippen LogP contribution in [0, 0.1) is 88.8 Å². The number of rotatable bonds is 0. The van der Waals surface area contributed by atoms with Crippen molar-refractivity contribution in [3.05, 3.63) is 0 Å². The molecule has 170 valence electrons. The van der Waals surface area contributed by atoms with E-state index in [-0.39, 0.29) is 0 Å². The summed E-state index contributed by atoms with van der Waals surface area (Å²) in [5, 5.41) is 0. The van der Waals surface area contributed by atoms with E-state index in [0.717, 1.165) is 41.4 Å². The molecule has 0 aromatic rings. The molecule has 6 fully saturated rings. The van der Waals surface area contributed by atoms with Gasteiger partial charge in [0.15, 0.2) is 0 Å². The summed E-state index contributed by atoms with van der Waals surface area (Å²) in [6.07, 6.45) is 15.4. The van der Waals surface area contributed by atoms with Crippen molar-refractivity contribution in [3.8, 4) is 0 Å². The van der Waals surface area contributed by atoms with Gasteiger partial charge in [0.05, 0.1) is 0 Å². The Hall–Kier alpha value is 0. The Morgan fingerprint density at radius 1 is 0.300 bits per heavy atom. The molecule has 6 saturated carbocycles. The molecule has 14 atom stereocenters. The van der Waals surface area contributed by atoms with Gasteiger partial charge in [-0.05, 0) is 140 Å². The van der Waals surface area contributed by atoms with E-state index in [2.05, 4.69) is 34.6 Å². The second kappa shape index (κ2) is 7.52. The average molecular weight is 411 g/mol. The molecule has 0 amide bonds. The van der Waals surface area contributed by atoms with E-state index in [0.29, 0.717) is 0 Å². The smallest absolute Gasteiger partial charge is 0.0312 e. The molecule has 0 nitrogen and oxygen atoms in total. The van der Waals surface area contributed by atoms with E-state index in [1.165, 1.54) is 85.9 Å². The molecule has 0 spiro atoms. The van der Waals surface area contributed by atoms with Crippen molar-refractivity contribution in [3.63, 3.8) is 0 Å². The van der Waals surface area contributed by atoms with Crippen LogP contribution in [0.2, 0.25) is 0 Å². The molecule has 0 aromatic heterocycles. The van der Waals surface area contributed by atoms with Crippen molar-refractivity contribution in [1.29, 1.82) is 0 Å². The highest BCUT2D eigenvalue weighted by Gasteiger charge is 2.81. The van der Waals surface area contributed by atoms with Gasteiger partial charge in [-0.3, -0.25) is 0 Å². The number of hydrogen-bond donors (Lipinski definition) is 0. The summed E-state index contributed by atoms with van der Waals surface area (Å²) >= 11 is 0. The summed E-state index contributed by atoms with van der Waals surface area (Å²) in [6, 6.07) is 0. The van der Waals surface area contributed by atoms with Gasteiger partial charge >= 0.3 is 0 Å². The van der Waals surface area contributed by atoms with Crippen molar-refractivity contribution in [2.45, 2.75) is 98.8 Å². The third-order valence-electron chi connectivity index (χ3n) is 12.2. The third kappa shape index (κ3) is 2.96. The summed E-state index contributed by atoms with van der Waals surface area (Å²) < 4.78 is 0. The van der Waals surface area contributed by atoms with Crippen LogP contribution in [0.4, 0.5) is 0 Å². The molecule has 0 aliphatic heterocycles. The first-order valence-electron chi connectivity index (χ1n) is 14.4. The molecule has 6 aliphatic carbocycles. The normalized spacial score (nSPS) is 62.5. The van der Waals surface area contributed by atoms with E-state index >= 15 is 0 Å². The Morgan fingerprint density at radius 2 is 0.567 bits per heavy atom. The lowest BCUT2D eigenvalue weighted by Gasteiger charge is -2.86. The Kier molecular flexibility index (Phi) is 5.16. The van der Waals surface area contributed by atoms with Crippen LogP contribution in [-0.2, 0) is 0 Å². The molecule has 14 unspecified atom stereocenters. The molecule has 6 rings (SSSR count). The van der Waals surface area contributed by atoms with Crippen LogP contribution >= 0.6 is 0 Å². The van der Waals surface area contributed by atoms with Crippen molar-refractivity contribution >= 4 is 0 Å². The fraction of sp³-hybridized carbons (Fsp3) is 1.00. The second-order valence-electron chi connectivity index (χ2n) is 14.3. The van der Waals surface area contributed by atoms with Gasteiger partial charge in [0.25, 0.3) is 0 Å². The van der Waals surface area contributed by atoms with Gasteiger partial charge in [-0.15, -0.1) is 0 Å². The Bertz CT molecular complexity index is 582. The number of hydrogen-bond acceptors (Lipinski definition) is 0. The second-order valence-corrected chi connectivity index (χ2v) is 14.3. The SMILES string of the molecule is CC1CCC2C(CCC(C)CC(C)CC(C)CC(C)C1)C1C2C2C3C4CCC4C3C12. The first-order valence-corrected chi connectivity index (χ1v) is 14.4. The number of fused-ring (bicyclic) bond motifs is 13. The van der Waals surface area contributed by atoms with Crippen molar-refractivity contribution < 1.29 is 0 Å². The molecule has 0 heteroatoms. The molecule has 6 aliphatic rings. The van der Waals surface area contributed by atoms with Crippen LogP contribution in [0.3, 0.4) is 0 Å². The zero-order valence-corrected chi connectivity index (χ0v) is 20.7. The van der Waals surface area contributed by atoms with Gasteiger partial charge in [-0.25, -0.2) is 0 Å². The molecule has 0 heterocycles. The maximum atomic E-state index is 2.59. The first kappa shape index (κ1) is 20.6. The van der Waals surface area contributed by atoms with Crippen LogP contribution in [0.25, 0.3) is 0 Å². The van der Waals surface area contributed by atoms with E-state index in [4.69, 9.17) is 0 Å². The topological polar surface area (TPSA) is 0 Å². The zero-order valence-electron chi connectivity index (χ0n) is 20.7. The van der Waals surface area contributed by atoms with Crippen LogP contribution in [-0.4, -0.2) is 0 Å². The highest BCUT2D eigenvalue weighted by Crippen LogP contribution is 2.85. The lowest BCUT2D eigenvalue weighted by molar-refractivity contribution is -0.394. The summed E-state index contributed by atoms with van der Waals surface area (Å²) in [5.74, 6) is 16.8. The Labute approximate surface area is 187 Å². The van der Waals surface area contributed by atoms with Crippen LogP contribution in [0.5, 0.6) is 0 Å². The van der Waals surface area contributed by atoms with Crippen LogP contribution in [0.1, 0.15) is 98.8 Å². The van der Waals surface area contributed by atoms with Gasteiger partial charge in [0.2, 0.25) is 0 Å². The van der Waals surface area contributed by atoms with E-state index in [1.807, 2.05) is 0 Å². The van der Waals surface area contributed by atoms with Crippen molar-refractivity contribution in [2.75, 3.05) is 0 Å². The van der Waals surface area contributed by atoms with Gasteiger partial charge in [-0.1, -0.05) is 47.5 Å². The standard InChI is InChI=1S/C30H50/c1-16-6-8-21-22(9-7-17(2)13-19(4)15-20(5)14-18(3)12-16)26-25(21)29-27-23-10-11-24(23)28(27)30(26)29/h16-30H,6-15H2,1-5H3. The quantitative estimate of drug-likeness (QED) is 0.352. The fourth-order valence-corrected chi connectivity index (χ4v) is 11.4. The van der Waals surface area contributed by atoms with Crippen molar-refractivity contribution in [2.24, 2.45) is 88.8 Å². The minimum absolute atomic E-state index is 0.924. The highest BCUT2D eigenvalue weighted by atomic mass is 14.9. The highest BCUT2D eigenvalue weighted by molar-refractivity contribution is 5.28. The summed E-state index contributed by atoms with van der Waals surface area (Å²) in [5.41, 5.74) is 0. The van der Waals surface area contributed by atoms with Gasteiger partial charge in [-0.2, -0.15) is 0 Å². The summed E-state index contributed by atoms with van der Waals surface area (Å²) in [6.45, 7) is 12.8. The van der Waals surface area contributed by atoms with Gasteiger partial charge in [0, 0.05) is 0 Å². The van der Waals surface area contributed by atoms with Crippen LogP contribution in [0.15, 0.2) is 0 Å². The lowest BCUT2D eigenvalue weighted by atomic mass is 9.18. The molecular weight excluding hydrogens is 360 g/mol. The van der Waals surface area contributed by atoms with E-state index < -0.39 is 0 Å². The molecule has 0 bridgehead atoms. The molecular formula is C30H50. The molecule has 0 radical (unpaired) electrons. The third-order valence-corrected chi connectivity index (χ3v) is 12.2. The van der Waals surface area contributed by atoms with E-state index in [9.17, 15) is 0 Å². The predicted octanol–water partition coefficient (Wildman–Crippen LogP) is 8.31. The predicted molar refractivity (Wildman–Crippen MR) is 127 cm³/mol. The maximum Gasteiger partial charge on any atom is -0.0312 e. The monoisotopic (exact) mass is 410 g/mol. The minimum atomic E-state index is 0.924. The van der Waals surface area contributed by atoms with Gasteiger partial charge < -0.3 is 0 Å². The van der Waals surface area contributed by atoms with Crippen LogP contribution < -0.4 is 0 Å². The average Bonchev–Trinajstić information content (AvgIpc) is 2.62. The Morgan fingerprint density at radius 3 is 0.867 bits per heavy atom. The molecule has 0 N–H and O–H groups in total. The largest absolute Gasteiger partial charge is 0.0625 e. The van der Waals surface area contributed by atoms with E-state index in [1.54, 1.807) is 25.7 Å². The molecule has 30 heavy (non-hydrogen) atoms. The summed E-state index contributed by atoms with van der Waals surface area (Å²) in [4.78, 5) is 0. The lowest BCUT2D eigenvalue weighted by Crippen LogP contribution is -2.82.